The van der Waals surface area contributed by atoms with Crippen molar-refractivity contribution < 1.29 is 9.53 Å². The Morgan fingerprint density at radius 3 is 2.92 bits per heavy atom. The van der Waals surface area contributed by atoms with Crippen LogP contribution in [0.2, 0.25) is 5.02 Å². The van der Waals surface area contributed by atoms with E-state index in [1.54, 1.807) is 4.68 Å². The Bertz CT molecular complexity index is 907. The Kier molecular flexibility index (Phi) is 4.11. The first kappa shape index (κ1) is 15.7. The maximum Gasteiger partial charge on any atom is 0.229 e. The molecule has 1 aromatic heterocycles. The molecule has 1 amide bonds. The van der Waals surface area contributed by atoms with Crippen molar-refractivity contribution in [3.8, 4) is 5.75 Å². The zero-order chi connectivity index (χ0) is 17.2. The highest BCUT2D eigenvalue weighted by Crippen LogP contribution is 2.30. The molecule has 0 bridgehead atoms. The molecule has 25 heavy (non-hydrogen) atoms. The first-order valence-corrected chi connectivity index (χ1v) is 8.23. The summed E-state index contributed by atoms with van der Waals surface area (Å²) >= 11 is 5.89. The van der Waals surface area contributed by atoms with E-state index in [2.05, 4.69) is 15.4 Å². The van der Waals surface area contributed by atoms with Gasteiger partial charge in [-0.2, -0.15) is 10.1 Å². The third kappa shape index (κ3) is 3.34. The Balaban J connectivity index is 1.54. The fraction of sp³-hybridized carbons (Fsp3) is 0.167. The molecule has 6 nitrogen and oxygen atoms in total. The molecule has 1 aliphatic rings. The number of nitrogens with one attached hydrogen (secondary N) is 1. The summed E-state index contributed by atoms with van der Waals surface area (Å²) in [4.78, 5) is 16.0. The maximum absolute atomic E-state index is 11.9. The summed E-state index contributed by atoms with van der Waals surface area (Å²) in [5.41, 5.74) is 1.99. The molecule has 7 heteroatoms. The van der Waals surface area contributed by atoms with Crippen LogP contribution in [0.4, 0.5) is 5.95 Å². The molecule has 4 rings (SSSR count). The lowest BCUT2D eigenvalue weighted by molar-refractivity contribution is -0.117. The van der Waals surface area contributed by atoms with Crippen LogP contribution in [0.3, 0.4) is 0 Å². The number of halogens is 1. The molecule has 0 fully saturated rings. The maximum atomic E-state index is 11.9. The molecule has 0 radical (unpaired) electrons. The lowest BCUT2D eigenvalue weighted by Crippen LogP contribution is -2.29. The Hall–Kier alpha value is -2.86. The fourth-order valence-electron chi connectivity index (χ4n) is 2.82. The number of nitrogens with zero attached hydrogens (tertiary/aromatic N) is 3. The SMILES string of the molecule is O=C1CC(c2cccc(OCc3ccc(Cl)cc3)c2)n2ncnc2N1. The number of amides is 1. The summed E-state index contributed by atoms with van der Waals surface area (Å²) in [7, 11) is 0. The molecule has 0 saturated heterocycles. The summed E-state index contributed by atoms with van der Waals surface area (Å²) in [6, 6.07) is 15.0. The number of rotatable bonds is 4. The van der Waals surface area contributed by atoms with Gasteiger partial charge in [0, 0.05) is 5.02 Å². The van der Waals surface area contributed by atoms with Crippen LogP contribution in [-0.4, -0.2) is 20.7 Å². The second-order valence-electron chi connectivity index (χ2n) is 5.78. The molecule has 126 valence electrons. The van der Waals surface area contributed by atoms with E-state index in [1.165, 1.54) is 6.33 Å². The lowest BCUT2D eigenvalue weighted by atomic mass is 10.0. The largest absolute Gasteiger partial charge is 0.489 e. The summed E-state index contributed by atoms with van der Waals surface area (Å²) in [5, 5.41) is 7.63. The third-order valence-corrected chi connectivity index (χ3v) is 4.31. The smallest absolute Gasteiger partial charge is 0.229 e. The van der Waals surface area contributed by atoms with Gasteiger partial charge < -0.3 is 4.74 Å². The van der Waals surface area contributed by atoms with Gasteiger partial charge in [0.05, 0.1) is 12.5 Å². The monoisotopic (exact) mass is 354 g/mol. The van der Waals surface area contributed by atoms with Gasteiger partial charge in [0.15, 0.2) is 0 Å². The zero-order valence-electron chi connectivity index (χ0n) is 13.2. The highest BCUT2D eigenvalue weighted by molar-refractivity contribution is 6.30. The van der Waals surface area contributed by atoms with Crippen LogP contribution < -0.4 is 10.1 Å². The highest BCUT2D eigenvalue weighted by atomic mass is 35.5. The van der Waals surface area contributed by atoms with Gasteiger partial charge >= 0.3 is 0 Å². The Morgan fingerprint density at radius 1 is 1.24 bits per heavy atom. The van der Waals surface area contributed by atoms with E-state index in [4.69, 9.17) is 16.3 Å². The predicted molar refractivity (Wildman–Crippen MR) is 93.6 cm³/mol. The number of aromatic nitrogens is 3. The van der Waals surface area contributed by atoms with Gasteiger partial charge in [-0.3, -0.25) is 10.1 Å². The number of benzene rings is 2. The summed E-state index contributed by atoms with van der Waals surface area (Å²) in [6.45, 7) is 0.445. The highest BCUT2D eigenvalue weighted by Gasteiger charge is 2.27. The standard InChI is InChI=1S/C18H15ClN4O2/c19-14-6-4-12(5-7-14)10-25-15-3-1-2-13(8-15)16-9-17(24)22-18-20-11-21-23(16)18/h1-8,11,16H,9-10H2,(H,20,21,22,24). The van der Waals surface area contributed by atoms with Crippen LogP contribution in [0.15, 0.2) is 54.9 Å². The van der Waals surface area contributed by atoms with Gasteiger partial charge in [0.1, 0.15) is 18.7 Å². The minimum Gasteiger partial charge on any atom is -0.489 e. The van der Waals surface area contributed by atoms with E-state index < -0.39 is 0 Å². The number of hydrogen-bond donors (Lipinski definition) is 1. The molecule has 3 aromatic rings. The van der Waals surface area contributed by atoms with Crippen LogP contribution in [0, 0.1) is 0 Å². The minimum atomic E-state index is -0.190. The van der Waals surface area contributed by atoms with Gasteiger partial charge in [-0.05, 0) is 35.4 Å². The first-order chi connectivity index (χ1) is 12.2. The topological polar surface area (TPSA) is 69.0 Å². The predicted octanol–water partition coefficient (Wildman–Crippen LogP) is 3.44. The number of anilines is 1. The normalized spacial score (nSPS) is 16.2. The van der Waals surface area contributed by atoms with Crippen molar-refractivity contribution in [2.75, 3.05) is 5.32 Å². The summed E-state index contributed by atoms with van der Waals surface area (Å²) in [5.74, 6) is 1.13. The first-order valence-electron chi connectivity index (χ1n) is 7.85. The van der Waals surface area contributed by atoms with Crippen molar-refractivity contribution >= 4 is 23.5 Å². The van der Waals surface area contributed by atoms with Crippen molar-refractivity contribution in [2.45, 2.75) is 19.1 Å². The number of carbonyl (C=O) groups is 1. The Labute approximate surface area is 149 Å². The second-order valence-corrected chi connectivity index (χ2v) is 6.22. The van der Waals surface area contributed by atoms with Gasteiger partial charge in [-0.1, -0.05) is 35.9 Å². The number of ether oxygens (including phenoxy) is 1. The van der Waals surface area contributed by atoms with E-state index in [9.17, 15) is 4.79 Å². The molecule has 0 aliphatic carbocycles. The molecule has 1 atom stereocenters. The lowest BCUT2D eigenvalue weighted by Gasteiger charge is -2.24. The third-order valence-electron chi connectivity index (χ3n) is 4.06. The molecular formula is C18H15ClN4O2. The molecule has 0 saturated carbocycles. The van der Waals surface area contributed by atoms with Crippen LogP contribution in [-0.2, 0) is 11.4 Å². The zero-order valence-corrected chi connectivity index (χ0v) is 14.0. The van der Waals surface area contributed by atoms with Crippen molar-refractivity contribution in [3.05, 3.63) is 71.0 Å². The van der Waals surface area contributed by atoms with E-state index in [0.717, 1.165) is 16.9 Å². The van der Waals surface area contributed by atoms with Crippen LogP contribution >= 0.6 is 11.6 Å². The average molecular weight is 355 g/mol. The fourth-order valence-corrected chi connectivity index (χ4v) is 2.95. The van der Waals surface area contributed by atoms with Crippen molar-refractivity contribution in [3.63, 3.8) is 0 Å². The molecule has 1 aliphatic heterocycles. The second kappa shape index (κ2) is 6.57. The van der Waals surface area contributed by atoms with Gasteiger partial charge in [-0.15, -0.1) is 0 Å². The summed E-state index contributed by atoms with van der Waals surface area (Å²) in [6.07, 6.45) is 1.76. The number of hydrogen-bond acceptors (Lipinski definition) is 4. The van der Waals surface area contributed by atoms with E-state index >= 15 is 0 Å². The van der Waals surface area contributed by atoms with E-state index in [0.29, 0.717) is 24.0 Å². The van der Waals surface area contributed by atoms with Crippen LogP contribution in [0.25, 0.3) is 0 Å². The van der Waals surface area contributed by atoms with Crippen molar-refractivity contribution in [1.29, 1.82) is 0 Å². The number of fused-ring (bicyclic) bond motifs is 1. The average Bonchev–Trinajstić information content (AvgIpc) is 3.09. The van der Waals surface area contributed by atoms with Gasteiger partial charge in [-0.25, -0.2) is 4.68 Å². The number of carbonyl (C=O) groups excluding carboxylic acids is 1. The van der Waals surface area contributed by atoms with E-state index in [-0.39, 0.29) is 11.9 Å². The quantitative estimate of drug-likeness (QED) is 0.779. The van der Waals surface area contributed by atoms with Crippen molar-refractivity contribution in [1.82, 2.24) is 14.8 Å². The van der Waals surface area contributed by atoms with Crippen LogP contribution in [0.5, 0.6) is 5.75 Å². The van der Waals surface area contributed by atoms with Crippen molar-refractivity contribution in [2.24, 2.45) is 0 Å². The minimum absolute atomic E-state index is 0.0713. The molecule has 1 unspecified atom stereocenters. The molecular weight excluding hydrogens is 340 g/mol. The molecule has 2 heterocycles. The van der Waals surface area contributed by atoms with Gasteiger partial charge in [0.25, 0.3) is 0 Å². The Morgan fingerprint density at radius 2 is 2.08 bits per heavy atom. The molecule has 1 N–H and O–H groups in total. The van der Waals surface area contributed by atoms with E-state index in [1.807, 2.05) is 48.5 Å². The van der Waals surface area contributed by atoms with Crippen LogP contribution in [0.1, 0.15) is 23.6 Å². The molecule has 2 aromatic carbocycles. The molecule has 0 spiro atoms. The summed E-state index contributed by atoms with van der Waals surface area (Å²) < 4.78 is 7.59. The van der Waals surface area contributed by atoms with Gasteiger partial charge in [0.2, 0.25) is 11.9 Å².